The second kappa shape index (κ2) is 6.26. The predicted octanol–water partition coefficient (Wildman–Crippen LogP) is 3.48. The van der Waals surface area contributed by atoms with Gasteiger partial charge in [0.1, 0.15) is 25.1 Å². The van der Waals surface area contributed by atoms with Gasteiger partial charge in [-0.05, 0) is 46.3 Å². The number of nitrogens with zero attached hydrogens (tertiary/aromatic N) is 1. The van der Waals surface area contributed by atoms with Crippen molar-refractivity contribution in [3.05, 3.63) is 51.7 Å². The molecule has 1 aliphatic rings. The largest absolute Gasteiger partial charge is 0.486 e. The van der Waals surface area contributed by atoms with Crippen LogP contribution in [0.4, 0.5) is 10.1 Å². The molecule has 116 valence electrons. The van der Waals surface area contributed by atoms with Crippen molar-refractivity contribution in [3.8, 4) is 17.6 Å². The van der Waals surface area contributed by atoms with Crippen molar-refractivity contribution < 1.29 is 18.7 Å². The van der Waals surface area contributed by atoms with Gasteiger partial charge in [-0.25, -0.2) is 4.39 Å². The Morgan fingerprint density at radius 3 is 2.83 bits per heavy atom. The molecule has 1 aliphatic heterocycles. The van der Waals surface area contributed by atoms with Gasteiger partial charge in [0.15, 0.2) is 11.5 Å². The van der Waals surface area contributed by atoms with Crippen LogP contribution in [-0.4, -0.2) is 19.1 Å². The Balaban J connectivity index is 1.87. The van der Waals surface area contributed by atoms with Gasteiger partial charge >= 0.3 is 0 Å². The summed E-state index contributed by atoms with van der Waals surface area (Å²) in [7, 11) is 0. The van der Waals surface area contributed by atoms with Crippen molar-refractivity contribution >= 4 is 27.5 Å². The maximum atomic E-state index is 13.3. The molecule has 2 aromatic carbocycles. The van der Waals surface area contributed by atoms with Gasteiger partial charge < -0.3 is 14.8 Å². The van der Waals surface area contributed by atoms with Gasteiger partial charge in [-0.1, -0.05) is 0 Å². The van der Waals surface area contributed by atoms with Crippen LogP contribution in [0.25, 0.3) is 0 Å². The lowest BCUT2D eigenvalue weighted by molar-refractivity contribution is 0.102. The normalized spacial score (nSPS) is 12.4. The Kier molecular flexibility index (Phi) is 4.17. The number of hydrogen-bond acceptors (Lipinski definition) is 4. The molecule has 0 spiro atoms. The van der Waals surface area contributed by atoms with E-state index in [1.807, 2.05) is 0 Å². The lowest BCUT2D eigenvalue weighted by Crippen LogP contribution is -2.18. The van der Waals surface area contributed by atoms with Gasteiger partial charge in [0.05, 0.1) is 10.0 Å². The zero-order chi connectivity index (χ0) is 16.4. The third kappa shape index (κ3) is 3.12. The van der Waals surface area contributed by atoms with E-state index in [2.05, 4.69) is 21.2 Å². The number of carbonyl (C=O) groups excluding carboxylic acids is 1. The Morgan fingerprint density at radius 1 is 1.26 bits per heavy atom. The summed E-state index contributed by atoms with van der Waals surface area (Å²) >= 11 is 3.34. The van der Waals surface area contributed by atoms with Crippen molar-refractivity contribution in [2.75, 3.05) is 18.5 Å². The molecule has 0 atom stereocenters. The number of fused-ring (bicyclic) bond motifs is 1. The summed E-state index contributed by atoms with van der Waals surface area (Å²) in [5.74, 6) is -0.000289. The monoisotopic (exact) mass is 376 g/mol. The standard InChI is InChI=1S/C16H10BrFN2O3/c17-12-6-9(7-14-15(12)23-4-3-22-14)16(21)20-11-1-2-13(18)10(5-11)8-19/h1-2,5-7H,3-4H2,(H,20,21). The number of carbonyl (C=O) groups is 1. The van der Waals surface area contributed by atoms with E-state index in [1.54, 1.807) is 18.2 Å². The second-order valence-corrected chi connectivity index (χ2v) is 5.60. The van der Waals surface area contributed by atoms with Gasteiger partial charge in [-0.15, -0.1) is 0 Å². The molecule has 7 heteroatoms. The Labute approximate surface area is 139 Å². The molecule has 2 aromatic rings. The van der Waals surface area contributed by atoms with Crippen molar-refractivity contribution in [3.63, 3.8) is 0 Å². The minimum Gasteiger partial charge on any atom is -0.486 e. The summed E-state index contributed by atoms with van der Waals surface area (Å²) in [6.07, 6.45) is 0. The first kappa shape index (κ1) is 15.3. The summed E-state index contributed by atoms with van der Waals surface area (Å²) in [4.78, 5) is 12.3. The third-order valence-corrected chi connectivity index (χ3v) is 3.79. The van der Waals surface area contributed by atoms with Gasteiger partial charge in [-0.2, -0.15) is 5.26 Å². The lowest BCUT2D eigenvalue weighted by Gasteiger charge is -2.20. The Hall–Kier alpha value is -2.59. The molecule has 0 unspecified atom stereocenters. The van der Waals surface area contributed by atoms with Crippen molar-refractivity contribution in [1.29, 1.82) is 5.26 Å². The summed E-state index contributed by atoms with van der Waals surface area (Å²) < 4.78 is 24.8. The second-order valence-electron chi connectivity index (χ2n) is 4.74. The van der Waals surface area contributed by atoms with Crippen molar-refractivity contribution in [1.82, 2.24) is 0 Å². The molecular weight excluding hydrogens is 367 g/mol. The highest BCUT2D eigenvalue weighted by Gasteiger charge is 2.19. The summed E-state index contributed by atoms with van der Waals surface area (Å²) in [6, 6.07) is 8.71. The Bertz CT molecular complexity index is 833. The summed E-state index contributed by atoms with van der Waals surface area (Å²) in [5.41, 5.74) is 0.550. The molecule has 0 saturated heterocycles. The number of rotatable bonds is 2. The van der Waals surface area contributed by atoms with Gasteiger partial charge in [0.25, 0.3) is 5.91 Å². The van der Waals surface area contributed by atoms with E-state index in [9.17, 15) is 9.18 Å². The maximum Gasteiger partial charge on any atom is 0.255 e. The molecule has 3 rings (SSSR count). The van der Waals surface area contributed by atoms with Gasteiger partial charge in [-0.3, -0.25) is 4.79 Å². The van der Waals surface area contributed by atoms with E-state index in [0.29, 0.717) is 40.4 Å². The van der Waals surface area contributed by atoms with E-state index in [4.69, 9.17) is 14.7 Å². The smallest absolute Gasteiger partial charge is 0.255 e. The molecule has 23 heavy (non-hydrogen) atoms. The van der Waals surface area contributed by atoms with E-state index in [1.165, 1.54) is 12.1 Å². The highest BCUT2D eigenvalue weighted by Crippen LogP contribution is 2.38. The molecule has 0 bridgehead atoms. The van der Waals surface area contributed by atoms with E-state index < -0.39 is 11.7 Å². The van der Waals surface area contributed by atoms with Crippen LogP contribution in [0, 0.1) is 17.1 Å². The number of ether oxygens (including phenoxy) is 2. The topological polar surface area (TPSA) is 71.4 Å². The van der Waals surface area contributed by atoms with Crippen LogP contribution in [-0.2, 0) is 0 Å². The number of nitriles is 1. The van der Waals surface area contributed by atoms with Gasteiger partial charge in [0.2, 0.25) is 0 Å². The summed E-state index contributed by atoms with van der Waals surface area (Å²) in [6.45, 7) is 0.859. The molecule has 1 heterocycles. The van der Waals surface area contributed by atoms with Crippen LogP contribution < -0.4 is 14.8 Å². The molecule has 1 amide bonds. The molecular formula is C16H10BrFN2O3. The fraction of sp³-hybridized carbons (Fsp3) is 0.125. The third-order valence-electron chi connectivity index (χ3n) is 3.20. The fourth-order valence-corrected chi connectivity index (χ4v) is 2.69. The average molecular weight is 377 g/mol. The van der Waals surface area contributed by atoms with Crippen LogP contribution in [0.3, 0.4) is 0 Å². The minimum absolute atomic E-state index is 0.133. The molecule has 0 saturated carbocycles. The average Bonchev–Trinajstić information content (AvgIpc) is 2.56. The highest BCUT2D eigenvalue weighted by atomic mass is 79.9. The van der Waals surface area contributed by atoms with E-state index >= 15 is 0 Å². The van der Waals surface area contributed by atoms with Crippen molar-refractivity contribution in [2.24, 2.45) is 0 Å². The highest BCUT2D eigenvalue weighted by molar-refractivity contribution is 9.10. The number of benzene rings is 2. The molecule has 0 radical (unpaired) electrons. The Morgan fingerprint density at radius 2 is 2.04 bits per heavy atom. The molecule has 5 nitrogen and oxygen atoms in total. The first-order valence-electron chi connectivity index (χ1n) is 6.68. The molecule has 0 aliphatic carbocycles. The molecule has 0 fully saturated rings. The number of halogens is 2. The number of anilines is 1. The van der Waals surface area contributed by atoms with E-state index in [0.717, 1.165) is 6.07 Å². The zero-order valence-corrected chi connectivity index (χ0v) is 13.3. The molecule has 0 aromatic heterocycles. The quantitative estimate of drug-likeness (QED) is 0.870. The van der Waals surface area contributed by atoms with Crippen LogP contribution in [0.2, 0.25) is 0 Å². The maximum absolute atomic E-state index is 13.3. The number of amides is 1. The molecule has 1 N–H and O–H groups in total. The number of hydrogen-bond donors (Lipinski definition) is 1. The lowest BCUT2D eigenvalue weighted by atomic mass is 10.1. The fourth-order valence-electron chi connectivity index (χ4n) is 2.13. The zero-order valence-electron chi connectivity index (χ0n) is 11.7. The van der Waals surface area contributed by atoms with Crippen LogP contribution in [0.5, 0.6) is 11.5 Å². The van der Waals surface area contributed by atoms with Crippen molar-refractivity contribution in [2.45, 2.75) is 0 Å². The number of nitrogens with one attached hydrogen (secondary N) is 1. The minimum atomic E-state index is -0.632. The van der Waals surface area contributed by atoms with Crippen LogP contribution in [0.15, 0.2) is 34.8 Å². The van der Waals surface area contributed by atoms with Crippen LogP contribution >= 0.6 is 15.9 Å². The van der Waals surface area contributed by atoms with Gasteiger partial charge in [0, 0.05) is 11.3 Å². The van der Waals surface area contributed by atoms with E-state index in [-0.39, 0.29) is 5.56 Å². The van der Waals surface area contributed by atoms with Crippen LogP contribution in [0.1, 0.15) is 15.9 Å². The SMILES string of the molecule is N#Cc1cc(NC(=O)c2cc(Br)c3c(c2)OCCO3)ccc1F. The summed E-state index contributed by atoms with van der Waals surface area (Å²) in [5, 5.41) is 11.4. The first-order valence-corrected chi connectivity index (χ1v) is 7.48. The predicted molar refractivity (Wildman–Crippen MR) is 84.2 cm³/mol. The first-order chi connectivity index (χ1) is 11.1.